The maximum atomic E-state index is 15.7. The number of allylic oxidation sites excluding steroid dienone is 2. The van der Waals surface area contributed by atoms with Crippen LogP contribution < -0.4 is 0 Å². The van der Waals surface area contributed by atoms with Gasteiger partial charge in [-0.25, -0.2) is 0 Å². The van der Waals surface area contributed by atoms with Gasteiger partial charge in [0, 0.05) is 5.41 Å². The first-order chi connectivity index (χ1) is 44.4. The molecule has 31 nitrogen and oxygen atoms in total. The van der Waals surface area contributed by atoms with Gasteiger partial charge < -0.3 is 139 Å². The minimum Gasteiger partial charge on any atom is -0.463 e. The SMILES string of the molecule is C[C@@H]1O[C@H]2O[C@H]3[C@@H](OC[C@H](O)[C@@H]3O)OC(=O)[C@]34CCC(C)(C)C[C@H]3C3=CC[C@@H]5[C@@]6(C)C[C@H](O)[C@H](O[C@@H]7O[C@H](CO)[C@@H](O)[C@H](O)[C@H]7OC7OC(COC(=O)CC(C)(O)CC(=O)O[C@@H]1[C@@H](O[C@@H]1OC[C@@H](O)[C@H](O)[C@H]1O)[C@H]2O)[C@@H](O)[C@@H](O)[C@@H]7O)[C@@](C)(CO)[C@@H]6CC[C@@]5(C)[C@]3(C)CC4O. The third kappa shape index (κ3) is 12.7. The van der Waals surface area contributed by atoms with Crippen LogP contribution in [0.4, 0.5) is 0 Å². The predicted octanol–water partition coefficient (Wildman–Crippen LogP) is -4.34. The molecule has 9 heterocycles. The van der Waals surface area contributed by atoms with Crippen LogP contribution in [0.15, 0.2) is 11.6 Å². The highest BCUT2D eigenvalue weighted by Crippen LogP contribution is 2.76. The molecule has 31 heteroatoms. The van der Waals surface area contributed by atoms with E-state index in [1.165, 1.54) is 6.92 Å². The molecule has 542 valence electrons. The highest BCUT2D eigenvalue weighted by Gasteiger charge is 2.73. The molecular formula is C64H100O31. The fourth-order valence-corrected chi connectivity index (χ4v) is 18.8. The molecule has 0 aromatic carbocycles. The summed E-state index contributed by atoms with van der Waals surface area (Å²) in [7, 11) is 0. The molecule has 0 radical (unpaired) electrons. The lowest BCUT2D eigenvalue weighted by molar-refractivity contribution is -0.384. The van der Waals surface area contributed by atoms with Crippen LogP contribution >= 0.6 is 0 Å². The Hall–Kier alpha value is -2.85. The molecule has 11 fully saturated rings. The molecule has 4 unspecified atom stereocenters. The van der Waals surface area contributed by atoms with Crippen molar-refractivity contribution in [2.24, 2.45) is 50.2 Å². The van der Waals surface area contributed by atoms with E-state index in [9.17, 15) is 91.3 Å². The van der Waals surface area contributed by atoms with Gasteiger partial charge in [-0.15, -0.1) is 0 Å². The summed E-state index contributed by atoms with van der Waals surface area (Å²) in [5.74, 6) is -4.74. The highest BCUT2D eigenvalue weighted by atomic mass is 16.8. The van der Waals surface area contributed by atoms with Crippen LogP contribution in [0.5, 0.6) is 0 Å². The van der Waals surface area contributed by atoms with Crippen LogP contribution in [0.3, 0.4) is 0 Å². The quantitative estimate of drug-likeness (QED) is 0.0547. The van der Waals surface area contributed by atoms with Gasteiger partial charge in [-0.05, 0) is 105 Å². The van der Waals surface area contributed by atoms with Gasteiger partial charge >= 0.3 is 17.9 Å². The number of esters is 3. The van der Waals surface area contributed by atoms with Crippen LogP contribution in [0.1, 0.15) is 120 Å². The zero-order valence-corrected chi connectivity index (χ0v) is 54.7. The third-order valence-electron chi connectivity index (χ3n) is 24.3. The zero-order valence-electron chi connectivity index (χ0n) is 54.7. The molecule has 0 aromatic heterocycles. The van der Waals surface area contributed by atoms with Crippen LogP contribution in [-0.4, -0.2) is 298 Å². The number of carbonyl (C=O) groups is 3. The van der Waals surface area contributed by atoms with E-state index in [4.69, 9.17) is 56.8 Å². The van der Waals surface area contributed by atoms with Crippen molar-refractivity contribution in [3.8, 4) is 0 Å². The number of aliphatic hydroxyl groups is 16. The average molecular weight is 1370 g/mol. The van der Waals surface area contributed by atoms with E-state index in [1.807, 2.05) is 0 Å². The molecular weight excluding hydrogens is 1260 g/mol. The smallest absolute Gasteiger partial charge is 0.317 e. The van der Waals surface area contributed by atoms with Crippen molar-refractivity contribution in [2.75, 3.05) is 33.0 Å². The number of aliphatic hydroxyl groups excluding tert-OH is 15. The Morgan fingerprint density at radius 1 is 0.568 bits per heavy atom. The van der Waals surface area contributed by atoms with Crippen molar-refractivity contribution in [1.29, 1.82) is 0 Å². The molecule has 14 aliphatic rings. The Balaban J connectivity index is 0.966. The van der Waals surface area contributed by atoms with Crippen molar-refractivity contribution in [3.05, 3.63) is 11.6 Å². The molecule has 9 aliphatic heterocycles. The van der Waals surface area contributed by atoms with E-state index >= 15 is 4.79 Å². The Kier molecular flexibility index (Phi) is 20.7. The second kappa shape index (κ2) is 26.8. The molecule has 16 N–H and O–H groups in total. The highest BCUT2D eigenvalue weighted by molar-refractivity contribution is 5.80. The number of carbonyl (C=O) groups excluding carboxylic acids is 3. The topological polar surface area (TPSA) is 486 Å². The molecule has 4 saturated carbocycles. The second-order valence-electron chi connectivity index (χ2n) is 31.1. The van der Waals surface area contributed by atoms with Gasteiger partial charge in [0.25, 0.3) is 0 Å². The van der Waals surface area contributed by atoms with Crippen LogP contribution in [0.25, 0.3) is 0 Å². The lowest BCUT2D eigenvalue weighted by atomic mass is 9.33. The van der Waals surface area contributed by atoms with E-state index < -0.39 is 268 Å². The summed E-state index contributed by atoms with van der Waals surface area (Å²) in [6.07, 6.45) is -44.3. The molecule has 0 aromatic rings. The molecule has 95 heavy (non-hydrogen) atoms. The molecule has 35 atom stereocenters. The van der Waals surface area contributed by atoms with E-state index in [1.54, 1.807) is 6.92 Å². The van der Waals surface area contributed by atoms with Crippen LogP contribution in [-0.2, 0) is 71.2 Å². The number of hydrogen-bond donors (Lipinski definition) is 16. The fourth-order valence-electron chi connectivity index (χ4n) is 18.8. The van der Waals surface area contributed by atoms with E-state index in [0.29, 0.717) is 32.1 Å². The minimum absolute atomic E-state index is 0.0545. The van der Waals surface area contributed by atoms with Gasteiger partial charge in [0.1, 0.15) is 104 Å². The summed E-state index contributed by atoms with van der Waals surface area (Å²) in [6.45, 7) is 11.1. The van der Waals surface area contributed by atoms with Gasteiger partial charge in [-0.1, -0.05) is 53.2 Å². The number of ether oxygens (including phenoxy) is 12. The third-order valence-corrected chi connectivity index (χ3v) is 24.3. The Morgan fingerprint density at radius 3 is 1.91 bits per heavy atom. The maximum Gasteiger partial charge on any atom is 0.317 e. The van der Waals surface area contributed by atoms with Gasteiger partial charge in [-0.3, -0.25) is 14.4 Å². The Morgan fingerprint density at radius 2 is 1.22 bits per heavy atom. The van der Waals surface area contributed by atoms with E-state index in [2.05, 4.69) is 40.7 Å². The first kappa shape index (κ1) is 73.4. The maximum absolute atomic E-state index is 15.7. The van der Waals surface area contributed by atoms with Gasteiger partial charge in [0.2, 0.25) is 6.29 Å². The summed E-state index contributed by atoms with van der Waals surface area (Å²) < 4.78 is 72.1. The van der Waals surface area contributed by atoms with E-state index in [-0.39, 0.29) is 30.6 Å². The summed E-state index contributed by atoms with van der Waals surface area (Å²) in [4.78, 5) is 43.1. The molecule has 0 amide bonds. The number of rotatable bonds is 4. The summed E-state index contributed by atoms with van der Waals surface area (Å²) in [5.41, 5.74) is -7.04. The van der Waals surface area contributed by atoms with E-state index in [0.717, 1.165) is 12.5 Å². The largest absolute Gasteiger partial charge is 0.463 e. The average Bonchev–Trinajstić information content (AvgIpc) is 0.670. The van der Waals surface area contributed by atoms with Crippen molar-refractivity contribution in [2.45, 2.75) is 285 Å². The van der Waals surface area contributed by atoms with Crippen LogP contribution in [0.2, 0.25) is 0 Å². The molecule has 7 saturated heterocycles. The minimum atomic E-state index is -2.32. The van der Waals surface area contributed by atoms with Gasteiger partial charge in [-0.2, -0.15) is 0 Å². The van der Waals surface area contributed by atoms with Gasteiger partial charge in [0.05, 0.1) is 69.3 Å². The molecule has 12 bridgehead atoms. The summed E-state index contributed by atoms with van der Waals surface area (Å²) >= 11 is 0. The summed E-state index contributed by atoms with van der Waals surface area (Å²) in [5, 5.41) is 183. The number of hydrogen-bond acceptors (Lipinski definition) is 31. The van der Waals surface area contributed by atoms with Gasteiger partial charge in [0.15, 0.2) is 37.4 Å². The monoisotopic (exact) mass is 1360 g/mol. The first-order valence-corrected chi connectivity index (χ1v) is 33.3. The lowest BCUT2D eigenvalue weighted by Crippen LogP contribution is -2.71. The van der Waals surface area contributed by atoms with Crippen molar-refractivity contribution < 1.29 is 153 Å². The summed E-state index contributed by atoms with van der Waals surface area (Å²) in [6, 6.07) is 0. The lowest BCUT2D eigenvalue weighted by Gasteiger charge is -2.72. The van der Waals surface area contributed by atoms with Crippen molar-refractivity contribution in [3.63, 3.8) is 0 Å². The molecule has 5 aliphatic carbocycles. The standard InChI is InChI=1S/C64H100O31/c1-25-47-48(91-52-44(79)38(73)29(68)21-85-52)46(81)54(87-25)92-49-39(74)30(69)22-86-55(49)95-57(82)64-14-13-58(2,3)15-27(64)26-9-10-34-60(5)16-28(67)51(61(6,24-66)33(60)11-12-62(34,7)63(26,8)17-35(64)70)94-56-50(43(78)40(75)31(20-65)88-56)93-53-45(80)42(77)41(76)32(89-53)23-84-36(71)18-59(4,83)19-37(72)90-47/h9,25,27-35,38-56,65-70,73-81,83H,10-24H2,1-8H3/t25-,27-,28-,29+,30-,31+,32?,33+,34+,35?,38-,39-,40+,41+,42+,43-,44+,45-,46+,47-,48-,49+,50+,51-,52-,53?,54-,55-,56-,59?,60-,61-,62+,63+,64+/m0/s1. The molecule has 14 rings (SSSR count). The van der Waals surface area contributed by atoms with Crippen LogP contribution in [0, 0.1) is 50.2 Å². The Bertz CT molecular complexity index is 2790. The fraction of sp³-hybridized carbons (Fsp3) is 0.922. The van der Waals surface area contributed by atoms with Crippen molar-refractivity contribution in [1.82, 2.24) is 0 Å². The Labute approximate surface area is 549 Å². The predicted molar refractivity (Wildman–Crippen MR) is 314 cm³/mol. The normalized spacial score (nSPS) is 54.8. The molecule has 1 spiro atoms. The van der Waals surface area contributed by atoms with Crippen molar-refractivity contribution >= 4 is 17.9 Å². The second-order valence-corrected chi connectivity index (χ2v) is 31.1. The zero-order chi connectivity index (χ0) is 69.4. The first-order valence-electron chi connectivity index (χ1n) is 33.3.